The average molecular weight is 422 g/mol. The van der Waals surface area contributed by atoms with Crippen LogP contribution >= 0.6 is 11.6 Å². The minimum atomic E-state index is -0.449. The number of benzene rings is 2. The van der Waals surface area contributed by atoms with Crippen LogP contribution in [0, 0.1) is 0 Å². The summed E-state index contributed by atoms with van der Waals surface area (Å²) in [4.78, 5) is 13.0. The highest BCUT2D eigenvalue weighted by molar-refractivity contribution is 6.30. The molecule has 6 heteroatoms. The Bertz CT molecular complexity index is 1060. The third-order valence-electron chi connectivity index (χ3n) is 6.06. The van der Waals surface area contributed by atoms with Crippen LogP contribution in [0.1, 0.15) is 41.3 Å². The van der Waals surface area contributed by atoms with Crippen molar-refractivity contribution in [2.75, 3.05) is 13.2 Å². The summed E-state index contributed by atoms with van der Waals surface area (Å²) < 4.78 is 7.93. The Morgan fingerprint density at radius 3 is 2.80 bits per heavy atom. The number of halogens is 1. The van der Waals surface area contributed by atoms with Gasteiger partial charge in [-0.05, 0) is 48.1 Å². The number of fused-ring (bicyclic) bond motifs is 1. The van der Waals surface area contributed by atoms with Crippen molar-refractivity contribution in [1.29, 1.82) is 0 Å². The maximum Gasteiger partial charge on any atom is 0.230 e. The molecule has 5 nitrogen and oxygen atoms in total. The molecule has 30 heavy (non-hydrogen) atoms. The molecule has 154 valence electrons. The third kappa shape index (κ3) is 3.75. The van der Waals surface area contributed by atoms with E-state index in [9.17, 15) is 4.79 Å². The number of carbonyl (C=O) groups excluding carboxylic acids is 1. The van der Waals surface area contributed by atoms with Gasteiger partial charge in [-0.2, -0.15) is 5.10 Å². The van der Waals surface area contributed by atoms with Gasteiger partial charge in [-0.1, -0.05) is 54.1 Å². The fourth-order valence-electron chi connectivity index (χ4n) is 4.25. The minimum absolute atomic E-state index is 0.0456. The molecule has 0 bridgehead atoms. The van der Waals surface area contributed by atoms with Gasteiger partial charge in [0.05, 0.1) is 24.3 Å². The number of hydrogen-bond donors (Lipinski definition) is 1. The van der Waals surface area contributed by atoms with Crippen molar-refractivity contribution < 1.29 is 9.53 Å². The van der Waals surface area contributed by atoms with Crippen molar-refractivity contribution in [3.63, 3.8) is 0 Å². The van der Waals surface area contributed by atoms with Crippen LogP contribution in [0.4, 0.5) is 0 Å². The predicted molar refractivity (Wildman–Crippen MR) is 116 cm³/mol. The zero-order valence-corrected chi connectivity index (χ0v) is 17.4. The number of ether oxygens (including phenoxy) is 1. The van der Waals surface area contributed by atoms with Gasteiger partial charge < -0.3 is 10.1 Å². The van der Waals surface area contributed by atoms with Gasteiger partial charge in [-0.15, -0.1) is 0 Å². The Balaban J connectivity index is 1.27. The summed E-state index contributed by atoms with van der Waals surface area (Å²) in [5.41, 5.74) is 3.89. The van der Waals surface area contributed by atoms with Crippen LogP contribution in [0.2, 0.25) is 5.02 Å². The van der Waals surface area contributed by atoms with E-state index in [2.05, 4.69) is 23.6 Å². The average Bonchev–Trinajstić information content (AvgIpc) is 3.47. The Morgan fingerprint density at radius 1 is 1.20 bits per heavy atom. The molecule has 5 rings (SSSR count). The largest absolute Gasteiger partial charge is 0.370 e. The molecule has 2 aliphatic rings. The number of nitrogens with zero attached hydrogens (tertiary/aromatic N) is 2. The fraction of sp³-hybridized carbons (Fsp3) is 0.333. The van der Waals surface area contributed by atoms with Gasteiger partial charge >= 0.3 is 0 Å². The number of aromatic nitrogens is 2. The molecular formula is C24H24ClN3O2. The summed E-state index contributed by atoms with van der Waals surface area (Å²) in [7, 11) is 0. The quantitative estimate of drug-likeness (QED) is 0.653. The number of carbonyl (C=O) groups is 1. The third-order valence-corrected chi connectivity index (χ3v) is 6.30. The SMILES string of the molecule is O=C(NCC1OCCc2cn(Cc3ccccc3)nc21)C1(c2cccc(Cl)c2)CC1. The molecule has 3 aromatic rings. The van der Waals surface area contributed by atoms with E-state index in [4.69, 9.17) is 21.4 Å². The van der Waals surface area contributed by atoms with Gasteiger partial charge in [0.25, 0.3) is 0 Å². The second kappa shape index (κ2) is 7.89. The van der Waals surface area contributed by atoms with Crippen LogP contribution in [0.15, 0.2) is 60.8 Å². The van der Waals surface area contributed by atoms with Gasteiger partial charge in [-0.25, -0.2) is 0 Å². The van der Waals surface area contributed by atoms with Crippen LogP contribution in [0.3, 0.4) is 0 Å². The lowest BCUT2D eigenvalue weighted by Crippen LogP contribution is -2.38. The van der Waals surface area contributed by atoms with Crippen LogP contribution in [-0.4, -0.2) is 28.8 Å². The molecular weight excluding hydrogens is 398 g/mol. The summed E-state index contributed by atoms with van der Waals surface area (Å²) in [6, 6.07) is 17.9. The highest BCUT2D eigenvalue weighted by atomic mass is 35.5. The molecule has 0 saturated heterocycles. The van der Waals surface area contributed by atoms with Gasteiger partial charge in [0, 0.05) is 17.8 Å². The Hall–Kier alpha value is -2.63. The topological polar surface area (TPSA) is 56.1 Å². The summed E-state index contributed by atoms with van der Waals surface area (Å²) in [5, 5.41) is 8.56. The molecule has 1 N–H and O–H groups in total. The van der Waals surface area contributed by atoms with Crippen molar-refractivity contribution >= 4 is 17.5 Å². The Labute approximate surface area is 181 Å². The summed E-state index contributed by atoms with van der Waals surface area (Å²) in [6.45, 7) is 1.80. The smallest absolute Gasteiger partial charge is 0.230 e. The Morgan fingerprint density at radius 2 is 2.03 bits per heavy atom. The minimum Gasteiger partial charge on any atom is -0.370 e. The molecule has 1 aliphatic heterocycles. The normalized spacial score (nSPS) is 19.2. The van der Waals surface area contributed by atoms with E-state index in [-0.39, 0.29) is 12.0 Å². The van der Waals surface area contributed by atoms with Gasteiger partial charge in [0.1, 0.15) is 6.10 Å². The van der Waals surface area contributed by atoms with Gasteiger partial charge in [0.15, 0.2) is 0 Å². The van der Waals surface area contributed by atoms with E-state index in [1.165, 1.54) is 11.1 Å². The molecule has 1 unspecified atom stereocenters. The molecule has 2 aromatic carbocycles. The van der Waals surface area contributed by atoms with E-state index in [0.717, 1.165) is 37.1 Å². The number of nitrogens with one attached hydrogen (secondary N) is 1. The molecule has 1 fully saturated rings. The highest BCUT2D eigenvalue weighted by Crippen LogP contribution is 2.49. The molecule has 1 aromatic heterocycles. The zero-order valence-electron chi connectivity index (χ0n) is 16.7. The molecule has 0 radical (unpaired) electrons. The number of rotatable bonds is 6. The Kier molecular flexibility index (Phi) is 5.09. The van der Waals surface area contributed by atoms with E-state index in [0.29, 0.717) is 18.2 Å². The first-order valence-corrected chi connectivity index (χ1v) is 10.8. The lowest BCUT2D eigenvalue weighted by atomic mass is 9.95. The first-order chi connectivity index (χ1) is 14.6. The second-order valence-corrected chi connectivity index (χ2v) is 8.57. The van der Waals surface area contributed by atoms with E-state index in [1.54, 1.807) is 0 Å². The molecule has 2 heterocycles. The van der Waals surface area contributed by atoms with Crippen LogP contribution < -0.4 is 5.32 Å². The lowest BCUT2D eigenvalue weighted by molar-refractivity contribution is -0.124. The molecule has 1 aliphatic carbocycles. The van der Waals surface area contributed by atoms with Crippen molar-refractivity contribution in [2.24, 2.45) is 0 Å². The van der Waals surface area contributed by atoms with Crippen molar-refractivity contribution in [3.05, 3.63) is 88.2 Å². The molecule has 1 atom stereocenters. The predicted octanol–water partition coefficient (Wildman–Crippen LogP) is 4.05. The first kappa shape index (κ1) is 19.3. The summed E-state index contributed by atoms with van der Waals surface area (Å²) in [6.07, 6.45) is 4.43. The van der Waals surface area contributed by atoms with Crippen molar-refractivity contribution in [1.82, 2.24) is 15.1 Å². The van der Waals surface area contributed by atoms with Crippen LogP contribution in [0.5, 0.6) is 0 Å². The fourth-order valence-corrected chi connectivity index (χ4v) is 4.44. The number of hydrogen-bond acceptors (Lipinski definition) is 3. The van der Waals surface area contributed by atoms with Gasteiger partial charge in [-0.3, -0.25) is 9.48 Å². The zero-order chi connectivity index (χ0) is 20.6. The molecule has 1 saturated carbocycles. The van der Waals surface area contributed by atoms with Crippen LogP contribution in [-0.2, 0) is 27.9 Å². The molecule has 0 spiro atoms. The van der Waals surface area contributed by atoms with E-state index in [1.807, 2.05) is 47.1 Å². The second-order valence-electron chi connectivity index (χ2n) is 8.13. The van der Waals surface area contributed by atoms with Gasteiger partial charge in [0.2, 0.25) is 5.91 Å². The molecule has 1 amide bonds. The van der Waals surface area contributed by atoms with E-state index < -0.39 is 5.41 Å². The van der Waals surface area contributed by atoms with Crippen molar-refractivity contribution in [2.45, 2.75) is 37.3 Å². The van der Waals surface area contributed by atoms with E-state index >= 15 is 0 Å². The van der Waals surface area contributed by atoms with Crippen molar-refractivity contribution in [3.8, 4) is 0 Å². The highest BCUT2D eigenvalue weighted by Gasteiger charge is 2.51. The first-order valence-electron chi connectivity index (χ1n) is 10.4. The number of amides is 1. The summed E-state index contributed by atoms with van der Waals surface area (Å²) in [5.74, 6) is 0.0456. The maximum absolute atomic E-state index is 13.0. The maximum atomic E-state index is 13.0. The summed E-state index contributed by atoms with van der Waals surface area (Å²) >= 11 is 6.14. The lowest BCUT2D eigenvalue weighted by Gasteiger charge is -2.24. The standard InChI is InChI=1S/C24H24ClN3O2/c25-20-8-4-7-19(13-20)24(10-11-24)23(29)26-14-21-22-18(9-12-30-21)16-28(27-22)15-17-5-2-1-3-6-17/h1-8,13,16,21H,9-12,14-15H2,(H,26,29). The monoisotopic (exact) mass is 421 g/mol. The van der Waals surface area contributed by atoms with Crippen LogP contribution in [0.25, 0.3) is 0 Å².